The van der Waals surface area contributed by atoms with Gasteiger partial charge in [0.1, 0.15) is 12.4 Å². The maximum Gasteiger partial charge on any atom is 0.490 e. The number of carboxylic acid groups (broad SMARTS) is 1. The van der Waals surface area contributed by atoms with Gasteiger partial charge in [0.15, 0.2) is 0 Å². The standard InChI is InChI=1S/C24H36F3N3O5S.C2HF3O2/c1-28-10-6-18(7-11-28)19-8-12-30(13-9-19)23(31)17-35-15-14-29(2)36(32,33)22-5-4-20(34-3)16-21(22)24(25,26)27;3-2(4,5)1(6)7/h4-5,16,18-19H,6-15,17H2,1-3H3;(H,6,7). The first kappa shape index (κ1) is 36.6. The Kier molecular flexibility index (Phi) is 13.1. The number of nitrogens with zero attached hydrogens (tertiary/aromatic N) is 3. The molecule has 1 amide bonds. The molecule has 0 aromatic heterocycles. The molecule has 2 heterocycles. The zero-order valence-corrected chi connectivity index (χ0v) is 24.9. The number of alkyl halides is 6. The molecule has 17 heteroatoms. The molecule has 1 aromatic carbocycles. The lowest BCUT2D eigenvalue weighted by molar-refractivity contribution is -0.192. The van der Waals surface area contributed by atoms with E-state index in [1.54, 1.807) is 4.90 Å². The number of ether oxygens (including phenoxy) is 2. The minimum atomic E-state index is -5.08. The van der Waals surface area contributed by atoms with E-state index in [0.29, 0.717) is 25.1 Å². The molecule has 0 bridgehead atoms. The van der Waals surface area contributed by atoms with Gasteiger partial charge in [-0.3, -0.25) is 4.79 Å². The van der Waals surface area contributed by atoms with Crippen LogP contribution in [0.1, 0.15) is 31.2 Å². The molecular formula is C26H37F6N3O7S. The number of halogens is 6. The molecule has 3 rings (SSSR count). The maximum atomic E-state index is 13.5. The molecule has 2 saturated heterocycles. The van der Waals surface area contributed by atoms with Crippen molar-refractivity contribution in [2.45, 2.75) is 42.9 Å². The number of methoxy groups -OCH3 is 1. The van der Waals surface area contributed by atoms with Gasteiger partial charge < -0.3 is 24.4 Å². The first-order valence-corrected chi connectivity index (χ1v) is 14.9. The van der Waals surface area contributed by atoms with Crippen molar-refractivity contribution >= 4 is 21.9 Å². The van der Waals surface area contributed by atoms with E-state index in [2.05, 4.69) is 11.9 Å². The molecular weight excluding hydrogens is 612 g/mol. The Labute approximate surface area is 246 Å². The summed E-state index contributed by atoms with van der Waals surface area (Å²) in [5, 5.41) is 7.12. The summed E-state index contributed by atoms with van der Waals surface area (Å²) in [5.41, 5.74) is -1.30. The van der Waals surface area contributed by atoms with Crippen LogP contribution in [0.3, 0.4) is 0 Å². The van der Waals surface area contributed by atoms with Crippen LogP contribution in [-0.4, -0.2) is 113 Å². The zero-order valence-electron chi connectivity index (χ0n) is 24.1. The van der Waals surface area contributed by atoms with Crippen LogP contribution in [0.25, 0.3) is 0 Å². The molecule has 1 aromatic rings. The van der Waals surface area contributed by atoms with E-state index in [1.807, 2.05) is 0 Å². The predicted molar refractivity (Wildman–Crippen MR) is 142 cm³/mol. The third-order valence-electron chi connectivity index (χ3n) is 7.52. The van der Waals surface area contributed by atoms with E-state index in [-0.39, 0.29) is 31.4 Å². The van der Waals surface area contributed by atoms with E-state index in [1.165, 1.54) is 33.1 Å². The number of carbonyl (C=O) groups is 2. The first-order valence-electron chi connectivity index (χ1n) is 13.4. The van der Waals surface area contributed by atoms with Crippen molar-refractivity contribution in [1.29, 1.82) is 0 Å². The molecule has 0 spiro atoms. The smallest absolute Gasteiger partial charge is 0.490 e. The van der Waals surface area contributed by atoms with Crippen molar-refractivity contribution < 1.29 is 58.9 Å². The number of carbonyl (C=O) groups excluding carboxylic acids is 1. The highest BCUT2D eigenvalue weighted by Crippen LogP contribution is 2.37. The molecule has 1 N–H and O–H groups in total. The van der Waals surface area contributed by atoms with Gasteiger partial charge >= 0.3 is 18.3 Å². The van der Waals surface area contributed by atoms with E-state index < -0.39 is 38.8 Å². The summed E-state index contributed by atoms with van der Waals surface area (Å²) in [7, 11) is 0.0824. The Bertz CT molecular complexity index is 1180. The van der Waals surface area contributed by atoms with Crippen molar-refractivity contribution in [1.82, 2.24) is 14.1 Å². The van der Waals surface area contributed by atoms with E-state index in [9.17, 15) is 39.6 Å². The number of benzene rings is 1. The monoisotopic (exact) mass is 649 g/mol. The Hall–Kier alpha value is -2.63. The molecule has 0 aliphatic carbocycles. The molecule has 10 nitrogen and oxygen atoms in total. The van der Waals surface area contributed by atoms with Crippen LogP contribution in [0.4, 0.5) is 26.3 Å². The minimum Gasteiger partial charge on any atom is -0.497 e. The average Bonchev–Trinajstić information content (AvgIpc) is 2.94. The average molecular weight is 650 g/mol. The van der Waals surface area contributed by atoms with E-state index in [0.717, 1.165) is 42.2 Å². The number of likely N-dealkylation sites (tertiary alicyclic amines) is 2. The van der Waals surface area contributed by atoms with Gasteiger partial charge in [-0.05, 0) is 75.9 Å². The Balaban J connectivity index is 0.000000821. The fourth-order valence-corrected chi connectivity index (χ4v) is 6.28. The zero-order chi connectivity index (χ0) is 32.6. The summed E-state index contributed by atoms with van der Waals surface area (Å²) in [5.74, 6) is -1.65. The Morgan fingerprint density at radius 3 is 1.98 bits per heavy atom. The van der Waals surface area contributed by atoms with Gasteiger partial charge in [-0.1, -0.05) is 0 Å². The second kappa shape index (κ2) is 15.4. The number of aliphatic carboxylic acids is 1. The van der Waals surface area contributed by atoms with Crippen LogP contribution in [0.2, 0.25) is 0 Å². The van der Waals surface area contributed by atoms with Gasteiger partial charge in [-0.25, -0.2) is 13.2 Å². The third kappa shape index (κ3) is 10.8. The van der Waals surface area contributed by atoms with Crippen molar-refractivity contribution in [3.63, 3.8) is 0 Å². The van der Waals surface area contributed by atoms with Gasteiger partial charge in [-0.2, -0.15) is 30.6 Å². The fourth-order valence-electron chi connectivity index (χ4n) is 4.93. The maximum absolute atomic E-state index is 13.5. The quantitative estimate of drug-likeness (QED) is 0.319. The number of sulfonamides is 1. The third-order valence-corrected chi connectivity index (χ3v) is 9.44. The number of hydrogen-bond acceptors (Lipinski definition) is 7. The number of likely N-dealkylation sites (N-methyl/N-ethyl adjacent to an activating group) is 1. The van der Waals surface area contributed by atoms with Gasteiger partial charge in [0, 0.05) is 26.7 Å². The SMILES string of the molecule is COc1ccc(S(=O)(=O)N(C)CCOCC(=O)N2CCC(C3CCN(C)CC3)CC2)c(C(F)(F)F)c1.O=C(O)C(F)(F)F. The summed E-state index contributed by atoms with van der Waals surface area (Å²) in [6, 6.07) is 2.71. The van der Waals surface area contributed by atoms with Gasteiger partial charge in [0.25, 0.3) is 0 Å². The molecule has 0 saturated carbocycles. The van der Waals surface area contributed by atoms with Crippen LogP contribution in [0.5, 0.6) is 5.75 Å². The highest BCUT2D eigenvalue weighted by atomic mass is 32.2. The first-order chi connectivity index (χ1) is 19.9. The van der Waals surface area contributed by atoms with Crippen LogP contribution in [0.15, 0.2) is 23.1 Å². The molecule has 2 aliphatic rings. The molecule has 0 unspecified atom stereocenters. The second-order valence-corrected chi connectivity index (χ2v) is 12.4. The largest absolute Gasteiger partial charge is 0.497 e. The van der Waals surface area contributed by atoms with Crippen LogP contribution >= 0.6 is 0 Å². The molecule has 0 radical (unpaired) electrons. The Morgan fingerprint density at radius 2 is 1.51 bits per heavy atom. The number of rotatable bonds is 9. The molecule has 43 heavy (non-hydrogen) atoms. The van der Waals surface area contributed by atoms with Crippen LogP contribution in [0, 0.1) is 11.8 Å². The lowest BCUT2D eigenvalue weighted by Gasteiger charge is -2.39. The summed E-state index contributed by atoms with van der Waals surface area (Å²) in [4.78, 5) is 24.7. The highest BCUT2D eigenvalue weighted by Gasteiger charge is 2.39. The van der Waals surface area contributed by atoms with Gasteiger partial charge in [-0.15, -0.1) is 0 Å². The van der Waals surface area contributed by atoms with Crippen molar-refractivity contribution in [2.75, 3.05) is 67.1 Å². The molecule has 246 valence electrons. The second-order valence-electron chi connectivity index (χ2n) is 10.4. The van der Waals surface area contributed by atoms with Crippen molar-refractivity contribution in [3.05, 3.63) is 23.8 Å². The van der Waals surface area contributed by atoms with E-state index >= 15 is 0 Å². The number of piperidine rings is 2. The fraction of sp³-hybridized carbons (Fsp3) is 0.692. The van der Waals surface area contributed by atoms with Crippen molar-refractivity contribution in [2.24, 2.45) is 11.8 Å². The summed E-state index contributed by atoms with van der Waals surface area (Å²) >= 11 is 0. The molecule has 0 atom stereocenters. The number of carboxylic acids is 1. The number of hydrogen-bond donors (Lipinski definition) is 1. The van der Waals surface area contributed by atoms with Crippen LogP contribution < -0.4 is 4.74 Å². The van der Waals surface area contributed by atoms with Crippen molar-refractivity contribution in [3.8, 4) is 5.75 Å². The Morgan fingerprint density at radius 1 is 1.00 bits per heavy atom. The van der Waals surface area contributed by atoms with E-state index in [4.69, 9.17) is 19.4 Å². The number of amides is 1. The molecule has 2 fully saturated rings. The predicted octanol–water partition coefficient (Wildman–Crippen LogP) is 3.56. The normalized spacial score (nSPS) is 17.9. The summed E-state index contributed by atoms with van der Waals surface area (Å²) in [6.45, 7) is 3.11. The highest BCUT2D eigenvalue weighted by molar-refractivity contribution is 7.89. The minimum absolute atomic E-state index is 0.0962. The summed E-state index contributed by atoms with van der Waals surface area (Å²) < 4.78 is 109. The van der Waals surface area contributed by atoms with Gasteiger partial charge in [0.2, 0.25) is 15.9 Å². The lowest BCUT2D eigenvalue weighted by Crippen LogP contribution is -2.43. The summed E-state index contributed by atoms with van der Waals surface area (Å²) in [6.07, 6.45) is -5.60. The van der Waals surface area contributed by atoms with Gasteiger partial charge in [0.05, 0.1) is 24.2 Å². The molecule has 2 aliphatic heterocycles. The topological polar surface area (TPSA) is 117 Å². The van der Waals surface area contributed by atoms with Crippen LogP contribution in [-0.2, 0) is 30.5 Å². The lowest BCUT2D eigenvalue weighted by atomic mass is 9.79.